The molecule has 0 aliphatic heterocycles. The average molecular weight is 213 g/mol. The lowest BCUT2D eigenvalue weighted by molar-refractivity contribution is 0.147. The maximum Gasteiger partial charge on any atom is 0.0692 e. The minimum atomic E-state index is -0.0892. The Bertz CT molecular complexity index is 157. The fourth-order valence-electron chi connectivity index (χ4n) is 2.03. The molecule has 1 aliphatic carbocycles. The zero-order valence-electron chi connectivity index (χ0n) is 10.3. The molecule has 0 radical (unpaired) electrons. The van der Waals surface area contributed by atoms with E-state index < -0.39 is 0 Å². The fraction of sp³-hybridized carbons (Fsp3) is 1.00. The van der Waals surface area contributed by atoms with E-state index in [4.69, 9.17) is 0 Å². The maximum absolute atomic E-state index is 9.69. The molecule has 0 aromatic rings. The first-order valence-corrected chi connectivity index (χ1v) is 6.66. The number of nitrogens with one attached hydrogen (secondary N) is 1. The first-order valence-electron chi connectivity index (χ1n) is 6.66. The Morgan fingerprint density at radius 3 is 2.53 bits per heavy atom. The van der Waals surface area contributed by atoms with Crippen LogP contribution in [-0.4, -0.2) is 24.3 Å². The highest BCUT2D eigenvalue weighted by atomic mass is 16.3. The maximum atomic E-state index is 9.69. The quantitative estimate of drug-likeness (QED) is 0.617. The Morgan fingerprint density at radius 1 is 1.27 bits per heavy atom. The van der Waals surface area contributed by atoms with Crippen LogP contribution in [0.1, 0.15) is 52.4 Å². The third-order valence-electron chi connectivity index (χ3n) is 3.50. The van der Waals surface area contributed by atoms with Crippen molar-refractivity contribution in [2.75, 3.05) is 13.1 Å². The lowest BCUT2D eigenvalue weighted by Gasteiger charge is -2.17. The van der Waals surface area contributed by atoms with Gasteiger partial charge in [0.1, 0.15) is 0 Å². The normalized spacial score (nSPS) is 20.2. The third-order valence-corrected chi connectivity index (χ3v) is 3.50. The topological polar surface area (TPSA) is 32.3 Å². The van der Waals surface area contributed by atoms with Crippen LogP contribution in [0.2, 0.25) is 0 Å². The SMILES string of the molecule is CCCCC(CC)CNCC(O)C1CC1. The Morgan fingerprint density at radius 2 is 2.00 bits per heavy atom. The molecule has 0 amide bonds. The summed E-state index contributed by atoms with van der Waals surface area (Å²) in [5.41, 5.74) is 0. The van der Waals surface area contributed by atoms with Crippen LogP contribution < -0.4 is 5.32 Å². The van der Waals surface area contributed by atoms with Crippen molar-refractivity contribution in [3.8, 4) is 0 Å². The van der Waals surface area contributed by atoms with Crippen molar-refractivity contribution in [3.63, 3.8) is 0 Å². The largest absolute Gasteiger partial charge is 0.392 e. The van der Waals surface area contributed by atoms with Crippen LogP contribution in [0.3, 0.4) is 0 Å². The molecule has 90 valence electrons. The monoisotopic (exact) mass is 213 g/mol. The molecule has 2 nitrogen and oxygen atoms in total. The van der Waals surface area contributed by atoms with Gasteiger partial charge < -0.3 is 10.4 Å². The molecule has 2 atom stereocenters. The molecule has 1 saturated carbocycles. The van der Waals surface area contributed by atoms with Crippen molar-refractivity contribution in [2.45, 2.75) is 58.5 Å². The Kier molecular flexibility index (Phi) is 6.26. The van der Waals surface area contributed by atoms with Crippen LogP contribution in [0, 0.1) is 11.8 Å². The van der Waals surface area contributed by atoms with E-state index in [0.717, 1.165) is 19.0 Å². The molecular weight excluding hydrogens is 186 g/mol. The molecular formula is C13H27NO. The molecule has 0 aromatic heterocycles. The van der Waals surface area contributed by atoms with E-state index in [9.17, 15) is 5.11 Å². The van der Waals surface area contributed by atoms with Gasteiger partial charge in [0.15, 0.2) is 0 Å². The molecule has 1 fully saturated rings. The number of rotatable bonds is 9. The van der Waals surface area contributed by atoms with Crippen LogP contribution >= 0.6 is 0 Å². The van der Waals surface area contributed by atoms with Crippen LogP contribution in [0.25, 0.3) is 0 Å². The number of hydrogen-bond donors (Lipinski definition) is 2. The fourth-order valence-corrected chi connectivity index (χ4v) is 2.03. The molecule has 1 aliphatic rings. The van der Waals surface area contributed by atoms with Crippen LogP contribution in [0.5, 0.6) is 0 Å². The molecule has 0 heterocycles. The van der Waals surface area contributed by atoms with Crippen molar-refractivity contribution < 1.29 is 5.11 Å². The lowest BCUT2D eigenvalue weighted by Crippen LogP contribution is -2.31. The second-order valence-electron chi connectivity index (χ2n) is 4.98. The van der Waals surface area contributed by atoms with Gasteiger partial charge in [-0.25, -0.2) is 0 Å². The smallest absolute Gasteiger partial charge is 0.0692 e. The molecule has 2 unspecified atom stereocenters. The number of unbranched alkanes of at least 4 members (excludes halogenated alkanes) is 1. The second kappa shape index (κ2) is 7.24. The molecule has 2 N–H and O–H groups in total. The van der Waals surface area contributed by atoms with Crippen molar-refractivity contribution in [2.24, 2.45) is 11.8 Å². The summed E-state index contributed by atoms with van der Waals surface area (Å²) in [4.78, 5) is 0. The Balaban J connectivity index is 1.99. The van der Waals surface area contributed by atoms with E-state index in [1.54, 1.807) is 0 Å². The lowest BCUT2D eigenvalue weighted by atomic mass is 9.99. The zero-order valence-corrected chi connectivity index (χ0v) is 10.3. The molecule has 2 heteroatoms. The predicted molar refractivity (Wildman–Crippen MR) is 64.9 cm³/mol. The van der Waals surface area contributed by atoms with E-state index in [1.165, 1.54) is 38.5 Å². The van der Waals surface area contributed by atoms with Crippen LogP contribution in [0.15, 0.2) is 0 Å². The van der Waals surface area contributed by atoms with E-state index in [0.29, 0.717) is 5.92 Å². The average Bonchev–Trinajstić information content (AvgIpc) is 3.06. The predicted octanol–water partition coefficient (Wildman–Crippen LogP) is 2.56. The van der Waals surface area contributed by atoms with Gasteiger partial charge in [-0.15, -0.1) is 0 Å². The summed E-state index contributed by atoms with van der Waals surface area (Å²) < 4.78 is 0. The van der Waals surface area contributed by atoms with Crippen molar-refractivity contribution in [1.82, 2.24) is 5.32 Å². The van der Waals surface area contributed by atoms with E-state index in [2.05, 4.69) is 19.2 Å². The van der Waals surface area contributed by atoms with Gasteiger partial charge in [-0.2, -0.15) is 0 Å². The minimum absolute atomic E-state index is 0.0892. The summed E-state index contributed by atoms with van der Waals surface area (Å²) in [6, 6.07) is 0. The third kappa shape index (κ3) is 5.53. The second-order valence-corrected chi connectivity index (χ2v) is 4.98. The summed E-state index contributed by atoms with van der Waals surface area (Å²) >= 11 is 0. The summed E-state index contributed by atoms with van der Waals surface area (Å²) in [6.07, 6.45) is 7.60. The van der Waals surface area contributed by atoms with E-state index >= 15 is 0 Å². The summed E-state index contributed by atoms with van der Waals surface area (Å²) in [6.45, 7) is 6.39. The Hall–Kier alpha value is -0.0800. The zero-order chi connectivity index (χ0) is 11.1. The molecule has 0 bridgehead atoms. The number of aliphatic hydroxyl groups excluding tert-OH is 1. The van der Waals surface area contributed by atoms with Crippen molar-refractivity contribution in [3.05, 3.63) is 0 Å². The first-order chi connectivity index (χ1) is 7.27. The van der Waals surface area contributed by atoms with Gasteiger partial charge in [0.2, 0.25) is 0 Å². The molecule has 0 spiro atoms. The molecule has 0 aromatic carbocycles. The van der Waals surface area contributed by atoms with Gasteiger partial charge >= 0.3 is 0 Å². The summed E-state index contributed by atoms with van der Waals surface area (Å²) in [5.74, 6) is 1.41. The van der Waals surface area contributed by atoms with Gasteiger partial charge in [0.25, 0.3) is 0 Å². The molecule has 0 saturated heterocycles. The van der Waals surface area contributed by atoms with Gasteiger partial charge in [-0.05, 0) is 37.6 Å². The van der Waals surface area contributed by atoms with Crippen molar-refractivity contribution >= 4 is 0 Å². The highest BCUT2D eigenvalue weighted by Gasteiger charge is 2.29. The molecule has 15 heavy (non-hydrogen) atoms. The summed E-state index contributed by atoms with van der Waals surface area (Å²) in [7, 11) is 0. The minimum Gasteiger partial charge on any atom is -0.392 e. The van der Waals surface area contributed by atoms with E-state index in [1.807, 2.05) is 0 Å². The first kappa shape index (κ1) is 13.0. The van der Waals surface area contributed by atoms with Crippen LogP contribution in [0.4, 0.5) is 0 Å². The molecule has 1 rings (SSSR count). The number of hydrogen-bond acceptors (Lipinski definition) is 2. The van der Waals surface area contributed by atoms with Gasteiger partial charge in [-0.1, -0.05) is 33.1 Å². The van der Waals surface area contributed by atoms with Gasteiger partial charge in [-0.3, -0.25) is 0 Å². The van der Waals surface area contributed by atoms with Crippen LogP contribution in [-0.2, 0) is 0 Å². The standard InChI is InChI=1S/C13H27NO/c1-3-5-6-11(4-2)9-14-10-13(15)12-7-8-12/h11-15H,3-10H2,1-2H3. The van der Waals surface area contributed by atoms with Gasteiger partial charge in [0, 0.05) is 6.54 Å². The highest BCUT2D eigenvalue weighted by Crippen LogP contribution is 2.32. The van der Waals surface area contributed by atoms with Gasteiger partial charge in [0.05, 0.1) is 6.10 Å². The van der Waals surface area contributed by atoms with E-state index in [-0.39, 0.29) is 6.10 Å². The highest BCUT2D eigenvalue weighted by molar-refractivity contribution is 4.82. The Labute approximate surface area is 94.5 Å². The van der Waals surface area contributed by atoms with Crippen molar-refractivity contribution in [1.29, 1.82) is 0 Å². The number of aliphatic hydroxyl groups is 1. The summed E-state index contributed by atoms with van der Waals surface area (Å²) in [5, 5.41) is 13.1.